The van der Waals surface area contributed by atoms with Gasteiger partial charge in [0.1, 0.15) is 0 Å². The average Bonchev–Trinajstić information content (AvgIpc) is 2.61. The van der Waals surface area contributed by atoms with Gasteiger partial charge in [0.05, 0.1) is 17.2 Å². The lowest BCUT2D eigenvalue weighted by Crippen LogP contribution is -2.42. The van der Waals surface area contributed by atoms with Gasteiger partial charge >= 0.3 is 0 Å². The number of hydrogen-bond donors (Lipinski definition) is 1. The summed E-state index contributed by atoms with van der Waals surface area (Å²) in [7, 11) is 0. The third kappa shape index (κ3) is 3.55. The van der Waals surface area contributed by atoms with Crippen LogP contribution in [0, 0.1) is 12.8 Å². The van der Waals surface area contributed by atoms with Gasteiger partial charge in [-0.15, -0.1) is 0 Å². The smallest absolute Gasteiger partial charge is 0.261 e. The molecular weight excluding hydrogens is 320 g/mol. The molecule has 2 amide bonds. The Hall–Kier alpha value is -2.70. The zero-order valence-corrected chi connectivity index (χ0v) is 14.3. The second kappa shape index (κ2) is 7.04. The second-order valence-corrected chi connectivity index (χ2v) is 6.52. The summed E-state index contributed by atoms with van der Waals surface area (Å²) in [5.74, 6) is -0.449. The molecule has 25 heavy (non-hydrogen) atoms. The number of aromatic nitrogens is 2. The van der Waals surface area contributed by atoms with Crippen molar-refractivity contribution in [1.29, 1.82) is 0 Å². The molecule has 2 aromatic rings. The Morgan fingerprint density at radius 1 is 1.28 bits per heavy atom. The van der Waals surface area contributed by atoms with Crippen LogP contribution in [0.25, 0.3) is 10.9 Å². The lowest BCUT2D eigenvalue weighted by Gasteiger charge is -2.30. The maximum absolute atomic E-state index is 12.5. The van der Waals surface area contributed by atoms with Crippen molar-refractivity contribution in [1.82, 2.24) is 14.5 Å². The van der Waals surface area contributed by atoms with Crippen molar-refractivity contribution < 1.29 is 9.59 Å². The van der Waals surface area contributed by atoms with E-state index in [1.165, 1.54) is 10.9 Å². The van der Waals surface area contributed by atoms with E-state index in [2.05, 4.69) is 4.98 Å². The molecule has 1 saturated heterocycles. The molecule has 0 spiro atoms. The number of carbonyl (C=O) groups excluding carboxylic acids is 2. The van der Waals surface area contributed by atoms with Crippen molar-refractivity contribution in [2.45, 2.75) is 32.7 Å². The number of benzene rings is 1. The number of aryl methyl sites for hydroxylation is 2. The highest BCUT2D eigenvalue weighted by molar-refractivity contribution is 5.81. The predicted octanol–water partition coefficient (Wildman–Crippen LogP) is 0.819. The van der Waals surface area contributed by atoms with Crippen LogP contribution >= 0.6 is 0 Å². The van der Waals surface area contributed by atoms with E-state index in [0.29, 0.717) is 43.4 Å². The molecule has 1 fully saturated rings. The predicted molar refractivity (Wildman–Crippen MR) is 93.9 cm³/mol. The Bertz CT molecular complexity index is 866. The van der Waals surface area contributed by atoms with Crippen molar-refractivity contribution in [3.05, 3.63) is 40.4 Å². The first-order chi connectivity index (χ1) is 12.0. The van der Waals surface area contributed by atoms with Crippen LogP contribution < -0.4 is 11.3 Å². The number of fused-ring (bicyclic) bond motifs is 1. The van der Waals surface area contributed by atoms with Gasteiger partial charge in [-0.3, -0.25) is 19.0 Å². The molecule has 0 radical (unpaired) electrons. The summed E-state index contributed by atoms with van der Waals surface area (Å²) < 4.78 is 1.48. The van der Waals surface area contributed by atoms with Gasteiger partial charge in [0, 0.05) is 32.0 Å². The molecule has 0 atom stereocenters. The monoisotopic (exact) mass is 342 g/mol. The number of nitrogens with two attached hydrogens (primary N) is 1. The molecule has 7 nitrogen and oxygen atoms in total. The van der Waals surface area contributed by atoms with Gasteiger partial charge in [0.15, 0.2) is 0 Å². The normalized spacial score (nSPS) is 15.5. The maximum Gasteiger partial charge on any atom is 0.261 e. The summed E-state index contributed by atoms with van der Waals surface area (Å²) in [6, 6.07) is 5.50. The van der Waals surface area contributed by atoms with Crippen LogP contribution in [0.3, 0.4) is 0 Å². The number of piperidine rings is 1. The zero-order valence-electron chi connectivity index (χ0n) is 14.3. The fourth-order valence-electron chi connectivity index (χ4n) is 3.28. The molecule has 0 aliphatic carbocycles. The number of para-hydroxylation sites is 1. The fourth-order valence-corrected chi connectivity index (χ4v) is 3.28. The molecule has 1 aromatic carbocycles. The topological polar surface area (TPSA) is 98.3 Å². The Balaban J connectivity index is 1.65. The third-order valence-electron chi connectivity index (χ3n) is 4.87. The first-order valence-corrected chi connectivity index (χ1v) is 8.49. The number of nitrogens with zero attached hydrogens (tertiary/aromatic N) is 3. The fraction of sp³-hybridized carbons (Fsp3) is 0.444. The third-order valence-corrected chi connectivity index (χ3v) is 4.87. The minimum atomic E-state index is -0.295. The van der Waals surface area contributed by atoms with E-state index in [9.17, 15) is 14.4 Å². The van der Waals surface area contributed by atoms with E-state index in [-0.39, 0.29) is 29.7 Å². The molecule has 2 heterocycles. The summed E-state index contributed by atoms with van der Waals surface area (Å²) >= 11 is 0. The number of carbonyl (C=O) groups is 2. The van der Waals surface area contributed by atoms with Crippen LogP contribution in [-0.2, 0) is 16.1 Å². The summed E-state index contributed by atoms with van der Waals surface area (Å²) in [4.78, 5) is 42.2. The Morgan fingerprint density at radius 3 is 2.68 bits per heavy atom. The van der Waals surface area contributed by atoms with Crippen LogP contribution in [0.1, 0.15) is 24.8 Å². The number of rotatable bonds is 4. The first-order valence-electron chi connectivity index (χ1n) is 8.49. The highest BCUT2D eigenvalue weighted by Gasteiger charge is 2.25. The van der Waals surface area contributed by atoms with Crippen LogP contribution in [0.4, 0.5) is 0 Å². The summed E-state index contributed by atoms with van der Waals surface area (Å²) in [5.41, 5.74) is 6.83. The van der Waals surface area contributed by atoms with Crippen molar-refractivity contribution in [3.8, 4) is 0 Å². The molecular formula is C18H22N4O3. The molecule has 0 unspecified atom stereocenters. The Morgan fingerprint density at radius 2 is 2.00 bits per heavy atom. The van der Waals surface area contributed by atoms with Gasteiger partial charge in [-0.25, -0.2) is 4.98 Å². The van der Waals surface area contributed by atoms with Crippen molar-refractivity contribution in [2.75, 3.05) is 13.1 Å². The summed E-state index contributed by atoms with van der Waals surface area (Å²) in [6.07, 6.45) is 2.96. The molecule has 2 N–H and O–H groups in total. The summed E-state index contributed by atoms with van der Waals surface area (Å²) in [5, 5.41) is 0.567. The van der Waals surface area contributed by atoms with Gasteiger partial charge in [-0.05, 0) is 31.4 Å². The highest BCUT2D eigenvalue weighted by Crippen LogP contribution is 2.17. The molecule has 1 aliphatic rings. The summed E-state index contributed by atoms with van der Waals surface area (Å²) in [6.45, 7) is 3.29. The van der Waals surface area contributed by atoms with Gasteiger partial charge in [0.2, 0.25) is 11.8 Å². The lowest BCUT2D eigenvalue weighted by atomic mass is 9.96. The van der Waals surface area contributed by atoms with Gasteiger partial charge < -0.3 is 10.6 Å². The molecule has 7 heteroatoms. The zero-order chi connectivity index (χ0) is 18.0. The van der Waals surface area contributed by atoms with Crippen LogP contribution in [0.15, 0.2) is 29.3 Å². The van der Waals surface area contributed by atoms with E-state index in [1.807, 2.05) is 19.1 Å². The Labute approximate surface area is 145 Å². The quantitative estimate of drug-likeness (QED) is 0.889. The molecule has 132 valence electrons. The van der Waals surface area contributed by atoms with Gasteiger partial charge in [0.25, 0.3) is 5.56 Å². The minimum Gasteiger partial charge on any atom is -0.369 e. The number of likely N-dealkylation sites (tertiary alicyclic amines) is 1. The maximum atomic E-state index is 12.5. The largest absolute Gasteiger partial charge is 0.369 e. The lowest BCUT2D eigenvalue weighted by molar-refractivity contribution is -0.135. The van der Waals surface area contributed by atoms with Crippen molar-refractivity contribution in [3.63, 3.8) is 0 Å². The van der Waals surface area contributed by atoms with Crippen molar-refractivity contribution in [2.24, 2.45) is 11.7 Å². The average molecular weight is 342 g/mol. The van der Waals surface area contributed by atoms with Gasteiger partial charge in [-0.1, -0.05) is 12.1 Å². The number of primary amides is 1. The molecule has 0 saturated carbocycles. The van der Waals surface area contributed by atoms with Crippen molar-refractivity contribution >= 4 is 22.7 Å². The molecule has 0 bridgehead atoms. The Kier molecular flexibility index (Phi) is 4.83. The van der Waals surface area contributed by atoms with Crippen LogP contribution in [-0.4, -0.2) is 39.4 Å². The number of hydrogen-bond acceptors (Lipinski definition) is 4. The minimum absolute atomic E-state index is 0.0147. The van der Waals surface area contributed by atoms with E-state index >= 15 is 0 Å². The molecule has 3 rings (SSSR count). The molecule has 1 aromatic heterocycles. The van der Waals surface area contributed by atoms with E-state index in [0.717, 1.165) is 5.56 Å². The van der Waals surface area contributed by atoms with Gasteiger partial charge in [-0.2, -0.15) is 0 Å². The van der Waals surface area contributed by atoms with Crippen LogP contribution in [0.2, 0.25) is 0 Å². The first kappa shape index (κ1) is 17.1. The number of amides is 2. The van der Waals surface area contributed by atoms with E-state index < -0.39 is 0 Å². The SMILES string of the molecule is Cc1cccc2c(=O)n(CCC(=O)N3CCC(C(N)=O)CC3)cnc12. The highest BCUT2D eigenvalue weighted by atomic mass is 16.2. The standard InChI is InChI=1S/C18H22N4O3/c1-12-3-2-4-14-16(12)20-11-22(18(14)25)10-7-15(23)21-8-5-13(6-9-21)17(19)24/h2-4,11,13H,5-10H2,1H3,(H2,19,24). The molecule has 1 aliphatic heterocycles. The van der Waals surface area contributed by atoms with Crippen LogP contribution in [0.5, 0.6) is 0 Å². The second-order valence-electron chi connectivity index (χ2n) is 6.52. The van der Waals surface area contributed by atoms with E-state index in [4.69, 9.17) is 5.73 Å². The van der Waals surface area contributed by atoms with E-state index in [1.54, 1.807) is 11.0 Å².